The monoisotopic (exact) mass is 268 g/mol. The van der Waals surface area contributed by atoms with Crippen LogP contribution < -0.4 is 5.32 Å². The van der Waals surface area contributed by atoms with Crippen molar-refractivity contribution in [3.05, 3.63) is 35.4 Å². The molecule has 1 N–H and O–H groups in total. The van der Waals surface area contributed by atoms with E-state index in [-0.39, 0.29) is 0 Å². The molecule has 2 atom stereocenters. The van der Waals surface area contributed by atoms with Gasteiger partial charge in [-0.2, -0.15) is 5.10 Å². The largest absolute Gasteiger partial charge is 0.389 e. The van der Waals surface area contributed by atoms with Gasteiger partial charge in [0.2, 0.25) is 5.69 Å². The van der Waals surface area contributed by atoms with E-state index in [1.165, 1.54) is 25.7 Å². The fourth-order valence-electron chi connectivity index (χ4n) is 3.13. The molecule has 1 aliphatic carbocycles. The van der Waals surface area contributed by atoms with Crippen molar-refractivity contribution in [2.75, 3.05) is 5.32 Å². The molecule has 2 aromatic rings. The van der Waals surface area contributed by atoms with Crippen LogP contribution in [0, 0.1) is 19.4 Å². The van der Waals surface area contributed by atoms with Crippen molar-refractivity contribution >= 4 is 16.9 Å². The number of hydrogen-bond acceptors (Lipinski definition) is 2. The molecular formula is C16H20N4. The minimum Gasteiger partial charge on any atom is -0.389 e. The Labute approximate surface area is 119 Å². The Hall–Kier alpha value is -2.02. The van der Waals surface area contributed by atoms with Crippen LogP contribution in [-0.4, -0.2) is 15.7 Å². The molecule has 20 heavy (non-hydrogen) atoms. The van der Waals surface area contributed by atoms with Gasteiger partial charge in [0.1, 0.15) is 0 Å². The van der Waals surface area contributed by atoms with Crippen molar-refractivity contribution in [3.8, 4) is 0 Å². The lowest BCUT2D eigenvalue weighted by molar-refractivity contribution is 0.350. The highest BCUT2D eigenvalue weighted by Crippen LogP contribution is 2.34. The molecule has 0 aliphatic heterocycles. The Balaban J connectivity index is 2.02. The molecule has 1 fully saturated rings. The van der Waals surface area contributed by atoms with E-state index in [4.69, 9.17) is 6.57 Å². The van der Waals surface area contributed by atoms with Gasteiger partial charge in [-0.15, -0.1) is 0 Å². The third-order valence-electron chi connectivity index (χ3n) is 4.41. The van der Waals surface area contributed by atoms with Gasteiger partial charge in [0, 0.05) is 11.7 Å². The molecule has 4 heteroatoms. The quantitative estimate of drug-likeness (QED) is 0.829. The van der Waals surface area contributed by atoms with Gasteiger partial charge >= 0.3 is 0 Å². The predicted molar refractivity (Wildman–Crippen MR) is 81.2 cm³/mol. The fourth-order valence-corrected chi connectivity index (χ4v) is 3.13. The molecule has 0 radical (unpaired) electrons. The van der Waals surface area contributed by atoms with E-state index < -0.39 is 0 Å². The summed E-state index contributed by atoms with van der Waals surface area (Å²) in [6.45, 7) is 11.7. The Morgan fingerprint density at radius 3 is 2.90 bits per heavy atom. The smallest absolute Gasteiger partial charge is 0.231 e. The van der Waals surface area contributed by atoms with Gasteiger partial charge in [-0.05, 0) is 37.8 Å². The normalized spacial score (nSPS) is 22.6. The lowest BCUT2D eigenvalue weighted by atomic mass is 9.86. The summed E-state index contributed by atoms with van der Waals surface area (Å²) in [6, 6.07) is 4.56. The maximum Gasteiger partial charge on any atom is 0.231 e. The second-order valence-corrected chi connectivity index (χ2v) is 5.80. The molecule has 1 saturated carbocycles. The van der Waals surface area contributed by atoms with Crippen molar-refractivity contribution in [3.63, 3.8) is 0 Å². The van der Waals surface area contributed by atoms with E-state index in [2.05, 4.69) is 22.2 Å². The van der Waals surface area contributed by atoms with Crippen LogP contribution in [0.4, 0.5) is 11.4 Å². The summed E-state index contributed by atoms with van der Waals surface area (Å²) < 4.78 is 1.91. The van der Waals surface area contributed by atoms with Crippen LogP contribution in [-0.2, 0) is 0 Å². The summed E-state index contributed by atoms with van der Waals surface area (Å²) in [5.74, 6) is 0.659. The summed E-state index contributed by atoms with van der Waals surface area (Å²) in [5, 5.41) is 7.98. The number of aryl methyl sites for hydroxylation is 1. The van der Waals surface area contributed by atoms with Crippen LogP contribution in [0.15, 0.2) is 18.3 Å². The van der Waals surface area contributed by atoms with Crippen molar-refractivity contribution < 1.29 is 0 Å². The van der Waals surface area contributed by atoms with Crippen molar-refractivity contribution in [2.24, 2.45) is 5.92 Å². The average molecular weight is 268 g/mol. The Kier molecular flexibility index (Phi) is 3.35. The maximum atomic E-state index is 7.37. The first-order chi connectivity index (χ1) is 9.70. The first-order valence-corrected chi connectivity index (χ1v) is 7.32. The zero-order chi connectivity index (χ0) is 14.1. The molecule has 0 saturated heterocycles. The first kappa shape index (κ1) is 13.0. The van der Waals surface area contributed by atoms with Gasteiger partial charge in [0.15, 0.2) is 0 Å². The Morgan fingerprint density at radius 1 is 1.35 bits per heavy atom. The summed E-state index contributed by atoms with van der Waals surface area (Å²) in [6.07, 6.45) is 6.73. The second kappa shape index (κ2) is 5.16. The SMILES string of the molecule is [C-]#[N+]c1cnn2c(C)ccc2c1N[C@@H]1CCCC[C@@H]1C. The van der Waals surface area contributed by atoms with E-state index in [1.54, 1.807) is 6.20 Å². The summed E-state index contributed by atoms with van der Waals surface area (Å²) >= 11 is 0. The summed E-state index contributed by atoms with van der Waals surface area (Å²) in [5.41, 5.74) is 3.67. The maximum absolute atomic E-state index is 7.37. The van der Waals surface area contributed by atoms with Crippen molar-refractivity contribution in [1.29, 1.82) is 0 Å². The highest BCUT2D eigenvalue weighted by molar-refractivity contribution is 5.85. The van der Waals surface area contributed by atoms with E-state index in [0.29, 0.717) is 17.6 Å². The highest BCUT2D eigenvalue weighted by Gasteiger charge is 2.23. The molecule has 1 aliphatic rings. The molecule has 0 spiro atoms. The van der Waals surface area contributed by atoms with E-state index in [1.807, 2.05) is 23.6 Å². The van der Waals surface area contributed by atoms with E-state index >= 15 is 0 Å². The number of fused-ring (bicyclic) bond motifs is 1. The number of rotatable bonds is 2. The number of aromatic nitrogens is 2. The number of nitrogens with one attached hydrogen (secondary N) is 1. The average Bonchev–Trinajstić information content (AvgIpc) is 2.84. The number of anilines is 1. The third kappa shape index (κ3) is 2.14. The van der Waals surface area contributed by atoms with Crippen LogP contribution in [0.2, 0.25) is 0 Å². The molecule has 4 nitrogen and oxygen atoms in total. The van der Waals surface area contributed by atoms with E-state index in [9.17, 15) is 0 Å². The van der Waals surface area contributed by atoms with Crippen LogP contribution in [0.5, 0.6) is 0 Å². The van der Waals surface area contributed by atoms with Crippen LogP contribution in [0.1, 0.15) is 38.3 Å². The van der Waals surface area contributed by atoms with Gasteiger partial charge in [0.25, 0.3) is 0 Å². The van der Waals surface area contributed by atoms with Crippen LogP contribution in [0.3, 0.4) is 0 Å². The molecular weight excluding hydrogens is 248 g/mol. The van der Waals surface area contributed by atoms with Gasteiger partial charge in [-0.3, -0.25) is 0 Å². The third-order valence-corrected chi connectivity index (χ3v) is 4.41. The Morgan fingerprint density at radius 2 is 2.15 bits per heavy atom. The van der Waals surface area contributed by atoms with Gasteiger partial charge in [-0.25, -0.2) is 9.36 Å². The summed E-state index contributed by atoms with van der Waals surface area (Å²) in [4.78, 5) is 3.63. The molecule has 2 heterocycles. The zero-order valence-corrected chi connectivity index (χ0v) is 12.1. The molecule has 0 bridgehead atoms. The van der Waals surface area contributed by atoms with Gasteiger partial charge in [0.05, 0.1) is 24.0 Å². The van der Waals surface area contributed by atoms with Gasteiger partial charge < -0.3 is 5.32 Å². The lowest BCUT2D eigenvalue weighted by Gasteiger charge is -2.31. The number of nitrogens with zero attached hydrogens (tertiary/aromatic N) is 3. The van der Waals surface area contributed by atoms with Crippen LogP contribution >= 0.6 is 0 Å². The molecule has 0 aromatic carbocycles. The molecule has 3 rings (SSSR count). The van der Waals surface area contributed by atoms with Crippen LogP contribution in [0.25, 0.3) is 10.4 Å². The zero-order valence-electron chi connectivity index (χ0n) is 12.1. The van der Waals surface area contributed by atoms with Gasteiger partial charge in [-0.1, -0.05) is 19.8 Å². The molecule has 104 valence electrons. The molecule has 0 unspecified atom stereocenters. The topological polar surface area (TPSA) is 33.7 Å². The molecule has 2 aromatic heterocycles. The minimum atomic E-state index is 0.464. The Bertz CT molecular complexity index is 665. The standard InChI is InChI=1S/C16H20N4/c1-11-6-4-5-7-13(11)19-16-14(17-3)10-18-20-12(2)8-9-15(16)20/h8-11,13,19H,4-7H2,1-2H3/t11-,13+/m0/s1. The fraction of sp³-hybridized carbons (Fsp3) is 0.500. The van der Waals surface area contributed by atoms with Crippen molar-refractivity contribution in [2.45, 2.75) is 45.6 Å². The summed E-state index contributed by atoms with van der Waals surface area (Å²) in [7, 11) is 0. The predicted octanol–water partition coefficient (Wildman–Crippen LogP) is 4.18. The molecule has 0 amide bonds. The van der Waals surface area contributed by atoms with Crippen molar-refractivity contribution in [1.82, 2.24) is 9.61 Å². The lowest BCUT2D eigenvalue weighted by Crippen LogP contribution is -2.30. The highest BCUT2D eigenvalue weighted by atomic mass is 15.2. The second-order valence-electron chi connectivity index (χ2n) is 5.80. The first-order valence-electron chi connectivity index (χ1n) is 7.32. The van der Waals surface area contributed by atoms with E-state index in [0.717, 1.165) is 16.9 Å². The number of hydrogen-bond donors (Lipinski definition) is 1. The minimum absolute atomic E-state index is 0.464.